The lowest BCUT2D eigenvalue weighted by molar-refractivity contribution is -0.142. The average molecular weight is 278 g/mol. The van der Waals surface area contributed by atoms with Gasteiger partial charge in [-0.2, -0.15) is 0 Å². The first kappa shape index (κ1) is 15.0. The van der Waals surface area contributed by atoms with Crippen LogP contribution in [0.2, 0.25) is 0 Å². The lowest BCUT2D eigenvalue weighted by atomic mass is 9.90. The molecule has 0 unspecified atom stereocenters. The first-order chi connectivity index (χ1) is 9.56. The van der Waals surface area contributed by atoms with E-state index in [9.17, 15) is 14.7 Å². The van der Waals surface area contributed by atoms with Gasteiger partial charge in [0, 0.05) is 24.8 Å². The summed E-state index contributed by atoms with van der Waals surface area (Å²) in [5.41, 5.74) is 0. The normalized spacial score (nSPS) is 38.9. The summed E-state index contributed by atoms with van der Waals surface area (Å²) in [6, 6.07) is 0. The van der Waals surface area contributed by atoms with Crippen molar-refractivity contribution in [2.45, 2.75) is 51.2 Å². The van der Waals surface area contributed by atoms with Gasteiger partial charge in [0.2, 0.25) is 0 Å². The summed E-state index contributed by atoms with van der Waals surface area (Å²) in [5, 5.41) is 10.2. The number of rotatable bonds is 0. The maximum atomic E-state index is 11.6. The molecule has 4 atom stereocenters. The van der Waals surface area contributed by atoms with Crippen LogP contribution in [0.1, 0.15) is 39.0 Å². The lowest BCUT2D eigenvalue weighted by Crippen LogP contribution is -2.21. The molecular weight excluding hydrogens is 256 g/mol. The summed E-state index contributed by atoms with van der Waals surface area (Å²) in [4.78, 5) is 23.2. The van der Waals surface area contributed by atoms with Gasteiger partial charge in [-0.25, -0.2) is 4.79 Å². The number of carbonyl (C=O) groups excluding carboxylic acids is 2. The van der Waals surface area contributed by atoms with E-state index in [4.69, 9.17) is 4.74 Å². The molecule has 2 rings (SSSR count). The highest BCUT2D eigenvalue weighted by atomic mass is 16.5. The summed E-state index contributed by atoms with van der Waals surface area (Å²) in [6.45, 7) is 1.87. The van der Waals surface area contributed by atoms with Crippen LogP contribution in [-0.4, -0.2) is 29.1 Å². The second-order valence-corrected chi connectivity index (χ2v) is 5.73. The van der Waals surface area contributed by atoms with Gasteiger partial charge < -0.3 is 9.84 Å². The van der Waals surface area contributed by atoms with Gasteiger partial charge in [0.15, 0.2) is 0 Å². The van der Waals surface area contributed by atoms with Crippen molar-refractivity contribution in [3.63, 3.8) is 0 Å². The number of Topliss-reactive ketones (excluding diaryl/α,β-unsaturated/α-hetero) is 1. The van der Waals surface area contributed by atoms with Crippen LogP contribution in [0.4, 0.5) is 0 Å². The fourth-order valence-corrected chi connectivity index (χ4v) is 2.91. The molecule has 0 saturated heterocycles. The van der Waals surface area contributed by atoms with Gasteiger partial charge in [-0.05, 0) is 38.2 Å². The molecule has 1 fully saturated rings. The number of esters is 1. The molecule has 4 heteroatoms. The second kappa shape index (κ2) is 6.84. The molecular formula is C16H22O4. The zero-order valence-corrected chi connectivity index (χ0v) is 11.8. The van der Waals surface area contributed by atoms with Gasteiger partial charge in [-0.3, -0.25) is 4.79 Å². The van der Waals surface area contributed by atoms with Crippen LogP contribution in [0.15, 0.2) is 24.3 Å². The number of hydrogen-bond acceptors (Lipinski definition) is 4. The quantitative estimate of drug-likeness (QED) is 0.545. The number of ether oxygens (including phenoxy) is 1. The topological polar surface area (TPSA) is 63.6 Å². The molecule has 1 saturated carbocycles. The van der Waals surface area contributed by atoms with E-state index in [0.717, 1.165) is 19.3 Å². The Balaban J connectivity index is 2.13. The summed E-state index contributed by atoms with van der Waals surface area (Å²) in [7, 11) is 0. The zero-order chi connectivity index (χ0) is 14.5. The Bertz CT molecular complexity index is 424. The SMILES string of the molecule is C[C@@H]1CCC/C=C\[C@H]2CC(=O)C[C@@H]2[C@@H](O)/C=C\C(=O)O1. The Kier molecular flexibility index (Phi) is 5.12. The fourth-order valence-electron chi connectivity index (χ4n) is 2.91. The van der Waals surface area contributed by atoms with Crippen molar-refractivity contribution < 1.29 is 19.4 Å². The second-order valence-electron chi connectivity index (χ2n) is 5.73. The first-order valence-corrected chi connectivity index (χ1v) is 7.31. The fraction of sp³-hybridized carbons (Fsp3) is 0.625. The smallest absolute Gasteiger partial charge is 0.330 e. The highest BCUT2D eigenvalue weighted by Crippen LogP contribution is 2.33. The van der Waals surface area contributed by atoms with Crippen LogP contribution in [0.3, 0.4) is 0 Å². The predicted octanol–water partition coefficient (Wildman–Crippen LogP) is 2.17. The molecule has 0 radical (unpaired) electrons. The average Bonchev–Trinajstić information content (AvgIpc) is 2.76. The van der Waals surface area contributed by atoms with Gasteiger partial charge >= 0.3 is 5.97 Å². The van der Waals surface area contributed by atoms with Crippen molar-refractivity contribution in [3.8, 4) is 0 Å². The lowest BCUT2D eigenvalue weighted by Gasteiger charge is -2.19. The van der Waals surface area contributed by atoms with Gasteiger partial charge in [-0.15, -0.1) is 0 Å². The standard InChI is InChI=1S/C16H22O4/c1-11-5-3-2-4-6-12-9-13(17)10-14(12)15(18)7-8-16(19)20-11/h4,6-8,11-12,14-15,18H,2-3,5,9-10H2,1H3/b6-4-,8-7-/t11-,12+,14+,15+/m1/s1. The number of ketones is 1. The van der Waals surface area contributed by atoms with Crippen molar-refractivity contribution >= 4 is 11.8 Å². The number of aliphatic hydroxyl groups excluding tert-OH is 1. The highest BCUT2D eigenvalue weighted by Gasteiger charge is 2.35. The maximum absolute atomic E-state index is 11.6. The largest absolute Gasteiger partial charge is 0.460 e. The maximum Gasteiger partial charge on any atom is 0.330 e. The minimum absolute atomic E-state index is 0.0800. The number of allylic oxidation sites excluding steroid dienone is 2. The molecule has 1 aliphatic heterocycles. The van der Waals surface area contributed by atoms with Gasteiger partial charge in [0.1, 0.15) is 5.78 Å². The molecule has 1 aliphatic carbocycles. The molecule has 4 nitrogen and oxygen atoms in total. The van der Waals surface area contributed by atoms with E-state index in [1.54, 1.807) is 0 Å². The van der Waals surface area contributed by atoms with Gasteiger partial charge in [-0.1, -0.05) is 12.2 Å². The number of aliphatic hydroxyl groups is 1. The Morgan fingerprint density at radius 3 is 2.85 bits per heavy atom. The van der Waals surface area contributed by atoms with Crippen molar-refractivity contribution in [1.29, 1.82) is 0 Å². The minimum atomic E-state index is -0.778. The molecule has 0 bridgehead atoms. The predicted molar refractivity (Wildman–Crippen MR) is 74.9 cm³/mol. The summed E-state index contributed by atoms with van der Waals surface area (Å²) in [6.07, 6.45) is 9.53. The van der Waals surface area contributed by atoms with Crippen molar-refractivity contribution in [2.24, 2.45) is 11.8 Å². The third-order valence-corrected chi connectivity index (χ3v) is 4.03. The van der Waals surface area contributed by atoms with E-state index in [1.807, 2.05) is 6.92 Å². The third-order valence-electron chi connectivity index (χ3n) is 4.03. The molecule has 0 aromatic carbocycles. The monoisotopic (exact) mass is 278 g/mol. The molecule has 1 heterocycles. The Hall–Kier alpha value is -1.42. The van der Waals surface area contributed by atoms with Gasteiger partial charge in [0.05, 0.1) is 12.2 Å². The highest BCUT2D eigenvalue weighted by molar-refractivity contribution is 5.83. The summed E-state index contributed by atoms with van der Waals surface area (Å²) < 4.78 is 5.22. The molecule has 110 valence electrons. The third kappa shape index (κ3) is 4.04. The van der Waals surface area contributed by atoms with Crippen LogP contribution in [0, 0.1) is 11.8 Å². The van der Waals surface area contributed by atoms with Crippen LogP contribution >= 0.6 is 0 Å². The first-order valence-electron chi connectivity index (χ1n) is 7.31. The van der Waals surface area contributed by atoms with Crippen LogP contribution in [-0.2, 0) is 14.3 Å². The van der Waals surface area contributed by atoms with Crippen molar-refractivity contribution in [1.82, 2.24) is 0 Å². The van der Waals surface area contributed by atoms with E-state index in [0.29, 0.717) is 12.8 Å². The van der Waals surface area contributed by atoms with Gasteiger partial charge in [0.25, 0.3) is 0 Å². The summed E-state index contributed by atoms with van der Waals surface area (Å²) in [5.74, 6) is -0.289. The van der Waals surface area contributed by atoms with E-state index < -0.39 is 12.1 Å². The Labute approximate surface area is 119 Å². The van der Waals surface area contributed by atoms with Crippen molar-refractivity contribution in [3.05, 3.63) is 24.3 Å². The molecule has 0 spiro atoms. The van der Waals surface area contributed by atoms with Crippen LogP contribution < -0.4 is 0 Å². The van der Waals surface area contributed by atoms with E-state index in [-0.39, 0.29) is 23.7 Å². The Morgan fingerprint density at radius 1 is 1.25 bits per heavy atom. The molecule has 20 heavy (non-hydrogen) atoms. The van der Waals surface area contributed by atoms with E-state index in [1.165, 1.54) is 12.2 Å². The molecule has 2 aliphatic rings. The van der Waals surface area contributed by atoms with E-state index >= 15 is 0 Å². The molecule has 0 amide bonds. The molecule has 0 aromatic heterocycles. The number of carbonyl (C=O) groups is 2. The zero-order valence-electron chi connectivity index (χ0n) is 11.8. The number of fused-ring (bicyclic) bond motifs is 1. The minimum Gasteiger partial charge on any atom is -0.460 e. The summed E-state index contributed by atoms with van der Waals surface area (Å²) >= 11 is 0. The number of hydrogen-bond donors (Lipinski definition) is 1. The molecule has 1 N–H and O–H groups in total. The Morgan fingerprint density at radius 2 is 2.05 bits per heavy atom. The van der Waals surface area contributed by atoms with Crippen molar-refractivity contribution in [2.75, 3.05) is 0 Å². The number of cyclic esters (lactones) is 1. The van der Waals surface area contributed by atoms with Crippen LogP contribution in [0.5, 0.6) is 0 Å². The van der Waals surface area contributed by atoms with E-state index in [2.05, 4.69) is 12.2 Å². The van der Waals surface area contributed by atoms with Crippen LogP contribution in [0.25, 0.3) is 0 Å². The molecule has 0 aromatic rings.